The van der Waals surface area contributed by atoms with E-state index in [1.54, 1.807) is 18.2 Å². The van der Waals surface area contributed by atoms with E-state index in [0.29, 0.717) is 29.5 Å². The fourth-order valence-electron chi connectivity index (χ4n) is 1.87. The van der Waals surface area contributed by atoms with Gasteiger partial charge in [0, 0.05) is 5.56 Å². The van der Waals surface area contributed by atoms with Crippen molar-refractivity contribution >= 4 is 0 Å². The van der Waals surface area contributed by atoms with Gasteiger partial charge in [0.25, 0.3) is 5.89 Å². The first-order chi connectivity index (χ1) is 9.67. The van der Waals surface area contributed by atoms with Crippen LogP contribution in [0.1, 0.15) is 11.3 Å². The number of nitrogens with two attached hydrogens (primary N) is 1. The second kappa shape index (κ2) is 4.90. The Bertz CT molecular complexity index is 748. The molecule has 3 rings (SSSR count). The maximum Gasteiger partial charge on any atom is 0.293 e. The van der Waals surface area contributed by atoms with E-state index in [2.05, 4.69) is 10.1 Å². The minimum atomic E-state index is -0.347. The van der Waals surface area contributed by atoms with Gasteiger partial charge in [0.2, 0.25) is 5.82 Å². The normalized spacial score (nSPS) is 10.9. The van der Waals surface area contributed by atoms with Crippen molar-refractivity contribution in [1.29, 1.82) is 0 Å². The second-order valence-corrected chi connectivity index (χ2v) is 4.35. The van der Waals surface area contributed by atoms with E-state index >= 15 is 0 Å². The molecule has 0 fully saturated rings. The summed E-state index contributed by atoms with van der Waals surface area (Å²) in [4.78, 5) is 4.22. The summed E-state index contributed by atoms with van der Waals surface area (Å²) in [5.41, 5.74) is 6.92. The Morgan fingerprint density at radius 3 is 2.85 bits per heavy atom. The summed E-state index contributed by atoms with van der Waals surface area (Å²) in [5, 5.41) is 3.86. The van der Waals surface area contributed by atoms with Crippen LogP contribution in [0, 0.1) is 12.7 Å². The average Bonchev–Trinajstić information content (AvgIpc) is 3.09. The Hall–Kier alpha value is -2.47. The number of benzene rings is 1. The zero-order valence-electron chi connectivity index (χ0n) is 10.8. The monoisotopic (exact) mass is 273 g/mol. The molecule has 20 heavy (non-hydrogen) atoms. The van der Waals surface area contributed by atoms with Gasteiger partial charge in [-0.2, -0.15) is 4.98 Å². The third-order valence-electron chi connectivity index (χ3n) is 2.94. The van der Waals surface area contributed by atoms with Gasteiger partial charge < -0.3 is 14.7 Å². The molecule has 0 saturated carbocycles. The Morgan fingerprint density at radius 1 is 1.25 bits per heavy atom. The molecule has 3 aromatic rings. The first kappa shape index (κ1) is 12.6. The van der Waals surface area contributed by atoms with Crippen LogP contribution in [0.5, 0.6) is 0 Å². The minimum absolute atomic E-state index is 0.239. The highest BCUT2D eigenvalue weighted by Gasteiger charge is 2.15. The van der Waals surface area contributed by atoms with Gasteiger partial charge in [0.15, 0.2) is 5.76 Å². The van der Waals surface area contributed by atoms with Crippen LogP contribution in [-0.4, -0.2) is 10.1 Å². The predicted octanol–water partition coefficient (Wildman–Crippen LogP) is 2.90. The van der Waals surface area contributed by atoms with E-state index in [9.17, 15) is 4.39 Å². The number of rotatable bonds is 3. The molecule has 6 heteroatoms. The van der Waals surface area contributed by atoms with Gasteiger partial charge in [-0.15, -0.1) is 0 Å². The molecular weight excluding hydrogens is 261 g/mol. The third kappa shape index (κ3) is 2.21. The molecule has 2 N–H and O–H groups in total. The first-order valence-electron chi connectivity index (χ1n) is 6.07. The SMILES string of the molecule is Cc1ccc(F)cc1-c1noc(-c2ccc(CN)o2)n1. The van der Waals surface area contributed by atoms with Crippen LogP contribution >= 0.6 is 0 Å². The van der Waals surface area contributed by atoms with E-state index in [1.807, 2.05) is 6.92 Å². The quantitative estimate of drug-likeness (QED) is 0.793. The van der Waals surface area contributed by atoms with Crippen molar-refractivity contribution in [3.8, 4) is 23.0 Å². The van der Waals surface area contributed by atoms with Gasteiger partial charge in [-0.3, -0.25) is 0 Å². The van der Waals surface area contributed by atoms with Crippen LogP contribution in [0.25, 0.3) is 23.0 Å². The molecule has 2 heterocycles. The molecule has 0 bridgehead atoms. The van der Waals surface area contributed by atoms with Gasteiger partial charge >= 0.3 is 0 Å². The van der Waals surface area contributed by atoms with Gasteiger partial charge in [-0.05, 0) is 36.8 Å². The number of aromatic nitrogens is 2. The number of aryl methyl sites for hydroxylation is 1. The molecular formula is C14H12FN3O2. The Morgan fingerprint density at radius 2 is 2.10 bits per heavy atom. The summed E-state index contributed by atoms with van der Waals surface area (Å²) in [6.45, 7) is 2.15. The summed E-state index contributed by atoms with van der Waals surface area (Å²) in [6.07, 6.45) is 0. The summed E-state index contributed by atoms with van der Waals surface area (Å²) in [5.74, 6) is 1.28. The number of hydrogen-bond acceptors (Lipinski definition) is 5. The molecule has 0 aliphatic rings. The van der Waals surface area contributed by atoms with Gasteiger partial charge in [0.1, 0.15) is 11.6 Å². The van der Waals surface area contributed by atoms with Crippen molar-refractivity contribution < 1.29 is 13.3 Å². The minimum Gasteiger partial charge on any atom is -0.455 e. The van der Waals surface area contributed by atoms with E-state index < -0.39 is 0 Å². The lowest BCUT2D eigenvalue weighted by molar-refractivity contribution is 0.412. The summed E-state index contributed by atoms with van der Waals surface area (Å²) < 4.78 is 23.9. The van der Waals surface area contributed by atoms with Crippen LogP contribution in [-0.2, 0) is 6.54 Å². The number of hydrogen-bond donors (Lipinski definition) is 1. The highest BCUT2D eigenvalue weighted by molar-refractivity contribution is 5.61. The highest BCUT2D eigenvalue weighted by atomic mass is 19.1. The standard InChI is InChI=1S/C14H12FN3O2/c1-8-2-3-9(15)6-11(8)13-17-14(20-18-13)12-5-4-10(7-16)19-12/h2-6H,7,16H2,1H3. The van der Waals surface area contributed by atoms with Crippen molar-refractivity contribution in [1.82, 2.24) is 10.1 Å². The Labute approximate surface area is 114 Å². The van der Waals surface area contributed by atoms with Gasteiger partial charge in [-0.25, -0.2) is 4.39 Å². The lowest BCUT2D eigenvalue weighted by Crippen LogP contribution is -1.92. The maximum absolute atomic E-state index is 13.3. The van der Waals surface area contributed by atoms with Crippen molar-refractivity contribution in [3.63, 3.8) is 0 Å². The highest BCUT2D eigenvalue weighted by Crippen LogP contribution is 2.26. The number of furan rings is 1. The van der Waals surface area contributed by atoms with E-state index in [4.69, 9.17) is 14.7 Å². The molecule has 0 atom stereocenters. The van der Waals surface area contributed by atoms with E-state index in [1.165, 1.54) is 12.1 Å². The number of nitrogens with zero attached hydrogens (tertiary/aromatic N) is 2. The summed E-state index contributed by atoms with van der Waals surface area (Å²) in [7, 11) is 0. The molecule has 5 nitrogen and oxygen atoms in total. The first-order valence-corrected chi connectivity index (χ1v) is 6.07. The smallest absolute Gasteiger partial charge is 0.293 e. The molecule has 0 aliphatic carbocycles. The largest absolute Gasteiger partial charge is 0.455 e. The molecule has 0 radical (unpaired) electrons. The fraction of sp³-hybridized carbons (Fsp3) is 0.143. The molecule has 0 spiro atoms. The topological polar surface area (TPSA) is 78.1 Å². The predicted molar refractivity (Wildman–Crippen MR) is 70.0 cm³/mol. The molecule has 102 valence electrons. The lowest BCUT2D eigenvalue weighted by atomic mass is 10.1. The molecule has 0 amide bonds. The van der Waals surface area contributed by atoms with Crippen LogP contribution in [0.15, 0.2) is 39.3 Å². The van der Waals surface area contributed by atoms with E-state index in [-0.39, 0.29) is 11.7 Å². The third-order valence-corrected chi connectivity index (χ3v) is 2.94. The van der Waals surface area contributed by atoms with Crippen LogP contribution in [0.4, 0.5) is 4.39 Å². The second-order valence-electron chi connectivity index (χ2n) is 4.35. The van der Waals surface area contributed by atoms with Crippen LogP contribution < -0.4 is 5.73 Å². The van der Waals surface area contributed by atoms with Crippen molar-refractivity contribution in [2.45, 2.75) is 13.5 Å². The molecule has 0 aliphatic heterocycles. The van der Waals surface area contributed by atoms with E-state index in [0.717, 1.165) is 5.56 Å². The Balaban J connectivity index is 1.99. The average molecular weight is 273 g/mol. The van der Waals surface area contributed by atoms with Gasteiger partial charge in [0.05, 0.1) is 6.54 Å². The molecule has 2 aromatic heterocycles. The molecule has 1 aromatic carbocycles. The zero-order chi connectivity index (χ0) is 14.1. The van der Waals surface area contributed by atoms with Crippen LogP contribution in [0.3, 0.4) is 0 Å². The Kier molecular flexibility index (Phi) is 3.08. The lowest BCUT2D eigenvalue weighted by Gasteiger charge is -1.99. The van der Waals surface area contributed by atoms with Gasteiger partial charge in [-0.1, -0.05) is 11.2 Å². The fourth-order valence-corrected chi connectivity index (χ4v) is 1.87. The van der Waals surface area contributed by atoms with Crippen molar-refractivity contribution in [2.24, 2.45) is 5.73 Å². The summed E-state index contributed by atoms with van der Waals surface area (Å²) >= 11 is 0. The molecule has 0 saturated heterocycles. The van der Waals surface area contributed by atoms with Crippen molar-refractivity contribution in [2.75, 3.05) is 0 Å². The van der Waals surface area contributed by atoms with Crippen LogP contribution in [0.2, 0.25) is 0 Å². The maximum atomic E-state index is 13.3. The zero-order valence-corrected chi connectivity index (χ0v) is 10.8. The molecule has 0 unspecified atom stereocenters. The van der Waals surface area contributed by atoms with Crippen molar-refractivity contribution in [3.05, 3.63) is 47.5 Å². The number of halogens is 1. The summed E-state index contributed by atoms with van der Waals surface area (Å²) in [6, 6.07) is 7.88.